The van der Waals surface area contributed by atoms with Crippen LogP contribution in [0.3, 0.4) is 0 Å². The molecule has 0 unspecified atom stereocenters. The van der Waals surface area contributed by atoms with Crippen LogP contribution in [0, 0.1) is 5.41 Å². The van der Waals surface area contributed by atoms with Gasteiger partial charge in [0, 0.05) is 0 Å². The molecule has 0 aromatic carbocycles. The van der Waals surface area contributed by atoms with Crippen molar-refractivity contribution in [3.8, 4) is 0 Å². The third-order valence-electron chi connectivity index (χ3n) is 2.15. The number of rotatable bonds is 7. The highest BCUT2D eigenvalue weighted by molar-refractivity contribution is 6.39. The van der Waals surface area contributed by atoms with Crippen LogP contribution in [0.2, 0.25) is 0 Å². The molecule has 0 saturated heterocycles. The zero-order chi connectivity index (χ0) is 12.9. The molecule has 0 aliphatic rings. The topological polar surface area (TPSA) is 68.3 Å². The van der Waals surface area contributed by atoms with Crippen LogP contribution in [-0.2, 0) is 19.2 Å². The van der Waals surface area contributed by atoms with Crippen molar-refractivity contribution in [2.75, 3.05) is 20.0 Å². The molecule has 90 valence electrons. The van der Waals surface area contributed by atoms with Gasteiger partial charge in [-0.3, -0.25) is 19.2 Å². The van der Waals surface area contributed by atoms with Crippen LogP contribution in [0.15, 0.2) is 0 Å². The Labute approximate surface area is 88.8 Å². The number of ketones is 4. The van der Waals surface area contributed by atoms with E-state index < -0.39 is 48.6 Å². The highest BCUT2D eigenvalue weighted by Crippen LogP contribution is 2.24. The van der Waals surface area contributed by atoms with Crippen LogP contribution in [-0.4, -0.2) is 43.2 Å². The van der Waals surface area contributed by atoms with Crippen LogP contribution in [0.5, 0.6) is 0 Å². The summed E-state index contributed by atoms with van der Waals surface area (Å²) >= 11 is 0. The fourth-order valence-corrected chi connectivity index (χ4v) is 1.36. The van der Waals surface area contributed by atoms with Gasteiger partial charge in [0.15, 0.2) is 23.1 Å². The van der Waals surface area contributed by atoms with Gasteiger partial charge >= 0.3 is 0 Å². The van der Waals surface area contributed by atoms with Crippen molar-refractivity contribution in [3.63, 3.8) is 0 Å². The molecule has 0 radical (unpaired) electrons. The van der Waals surface area contributed by atoms with Crippen LogP contribution < -0.4 is 0 Å². The number of alkyl halides is 3. The van der Waals surface area contributed by atoms with Crippen LogP contribution >= 0.6 is 0 Å². The molecule has 0 N–H and O–H groups in total. The SMILES string of the molecule is CC(=O)C(C(=O)CF)(C(=O)CF)C(=O)CF. The number of hydrogen-bond donors (Lipinski definition) is 0. The van der Waals surface area contributed by atoms with E-state index in [2.05, 4.69) is 0 Å². The van der Waals surface area contributed by atoms with E-state index in [1.54, 1.807) is 0 Å². The first kappa shape index (κ1) is 14.5. The second kappa shape index (κ2) is 5.53. The van der Waals surface area contributed by atoms with E-state index in [9.17, 15) is 32.3 Å². The summed E-state index contributed by atoms with van der Waals surface area (Å²) in [5.41, 5.74) is -3.15. The van der Waals surface area contributed by atoms with Gasteiger partial charge in [0.2, 0.25) is 5.41 Å². The maximum absolute atomic E-state index is 12.2. The molecule has 7 heteroatoms. The number of Topliss-reactive ketones (excluding diaryl/α,β-unsaturated/α-hetero) is 4. The molecule has 0 aromatic rings. The minimum Gasteiger partial charge on any atom is -0.298 e. The molecule has 0 heterocycles. The summed E-state index contributed by atoms with van der Waals surface area (Å²) in [6, 6.07) is 0. The zero-order valence-corrected chi connectivity index (χ0v) is 8.39. The lowest BCUT2D eigenvalue weighted by molar-refractivity contribution is -0.155. The van der Waals surface area contributed by atoms with Gasteiger partial charge < -0.3 is 0 Å². The molecule has 0 aromatic heterocycles. The van der Waals surface area contributed by atoms with E-state index in [0.29, 0.717) is 6.92 Å². The number of hydrogen-bond acceptors (Lipinski definition) is 4. The normalized spacial score (nSPS) is 11.0. The summed E-state index contributed by atoms with van der Waals surface area (Å²) in [5, 5.41) is 0. The maximum atomic E-state index is 12.2. The standard InChI is InChI=1S/C9H9F3O4/c1-5(13)9(6(14)2-10,7(15)3-11)8(16)4-12/h2-4H2,1H3. The first-order valence-electron chi connectivity index (χ1n) is 4.18. The van der Waals surface area contributed by atoms with E-state index in [1.807, 2.05) is 0 Å². The fourth-order valence-electron chi connectivity index (χ4n) is 1.36. The van der Waals surface area contributed by atoms with Gasteiger partial charge in [-0.2, -0.15) is 0 Å². The van der Waals surface area contributed by atoms with Crippen LogP contribution in [0.25, 0.3) is 0 Å². The highest BCUT2D eigenvalue weighted by Gasteiger charge is 2.55. The molecular weight excluding hydrogens is 229 g/mol. The van der Waals surface area contributed by atoms with E-state index in [-0.39, 0.29) is 0 Å². The molecular formula is C9H9F3O4. The lowest BCUT2D eigenvalue weighted by Gasteiger charge is -2.23. The second-order valence-electron chi connectivity index (χ2n) is 2.98. The number of carbonyl (C=O) groups excluding carboxylic acids is 4. The van der Waals surface area contributed by atoms with E-state index in [4.69, 9.17) is 0 Å². The predicted molar refractivity (Wildman–Crippen MR) is 46.1 cm³/mol. The maximum Gasteiger partial charge on any atom is 0.211 e. The van der Waals surface area contributed by atoms with Gasteiger partial charge in [0.1, 0.15) is 20.0 Å². The fraction of sp³-hybridized carbons (Fsp3) is 0.556. The Kier molecular flexibility index (Phi) is 5.00. The largest absolute Gasteiger partial charge is 0.298 e. The van der Waals surface area contributed by atoms with Crippen molar-refractivity contribution in [3.05, 3.63) is 0 Å². The van der Waals surface area contributed by atoms with Gasteiger partial charge in [0.25, 0.3) is 0 Å². The lowest BCUT2D eigenvalue weighted by atomic mass is 9.73. The van der Waals surface area contributed by atoms with Gasteiger partial charge in [-0.15, -0.1) is 0 Å². The quantitative estimate of drug-likeness (QED) is 0.593. The Bertz CT molecular complexity index is 297. The summed E-state index contributed by atoms with van der Waals surface area (Å²) in [4.78, 5) is 44.4. The average molecular weight is 238 g/mol. The number of carbonyl (C=O) groups is 4. The molecule has 0 saturated carbocycles. The molecule has 0 fully saturated rings. The highest BCUT2D eigenvalue weighted by atomic mass is 19.1. The van der Waals surface area contributed by atoms with Gasteiger partial charge in [-0.1, -0.05) is 0 Å². The Morgan fingerprint density at radius 2 is 1.06 bits per heavy atom. The van der Waals surface area contributed by atoms with Gasteiger partial charge in [-0.25, -0.2) is 13.2 Å². The first-order chi connectivity index (χ1) is 7.39. The predicted octanol–water partition coefficient (Wildman–Crippen LogP) is 0.178. The van der Waals surface area contributed by atoms with E-state index in [0.717, 1.165) is 0 Å². The molecule has 0 aliphatic carbocycles. The summed E-state index contributed by atoms with van der Waals surface area (Å²) in [5.74, 6) is -6.57. The third-order valence-corrected chi connectivity index (χ3v) is 2.15. The van der Waals surface area contributed by atoms with E-state index >= 15 is 0 Å². The third kappa shape index (κ3) is 2.02. The molecule has 0 amide bonds. The molecule has 0 rings (SSSR count). The Morgan fingerprint density at radius 3 is 1.19 bits per heavy atom. The van der Waals surface area contributed by atoms with Crippen LogP contribution in [0.4, 0.5) is 13.2 Å². The van der Waals surface area contributed by atoms with Crippen LogP contribution in [0.1, 0.15) is 6.92 Å². The minimum atomic E-state index is -3.15. The van der Waals surface area contributed by atoms with Gasteiger partial charge in [-0.05, 0) is 6.92 Å². The monoisotopic (exact) mass is 238 g/mol. The average Bonchev–Trinajstić information content (AvgIpc) is 2.28. The second-order valence-corrected chi connectivity index (χ2v) is 2.98. The summed E-state index contributed by atoms with van der Waals surface area (Å²) in [7, 11) is 0. The minimum absolute atomic E-state index is 0.634. The summed E-state index contributed by atoms with van der Waals surface area (Å²) in [6.07, 6.45) is 0. The Balaban J connectivity index is 5.78. The van der Waals surface area contributed by atoms with Crippen molar-refractivity contribution < 1.29 is 32.3 Å². The van der Waals surface area contributed by atoms with E-state index in [1.165, 1.54) is 0 Å². The number of halogens is 3. The molecule has 0 aliphatic heterocycles. The molecule has 4 nitrogen and oxygen atoms in total. The van der Waals surface area contributed by atoms with Crippen molar-refractivity contribution in [2.24, 2.45) is 5.41 Å². The molecule has 16 heavy (non-hydrogen) atoms. The first-order valence-corrected chi connectivity index (χ1v) is 4.18. The summed E-state index contributed by atoms with van der Waals surface area (Å²) in [6.45, 7) is -4.83. The lowest BCUT2D eigenvalue weighted by Crippen LogP contribution is -2.53. The van der Waals surface area contributed by atoms with Gasteiger partial charge in [0.05, 0.1) is 0 Å². The summed E-state index contributed by atoms with van der Waals surface area (Å²) < 4.78 is 36.6. The molecule has 0 bridgehead atoms. The van der Waals surface area contributed by atoms with Crippen molar-refractivity contribution >= 4 is 23.1 Å². The molecule has 0 spiro atoms. The zero-order valence-electron chi connectivity index (χ0n) is 8.39. The molecule has 0 atom stereocenters. The Hall–Kier alpha value is -1.53. The van der Waals surface area contributed by atoms with Crippen molar-refractivity contribution in [1.29, 1.82) is 0 Å². The smallest absolute Gasteiger partial charge is 0.211 e. The van der Waals surface area contributed by atoms with Crippen molar-refractivity contribution in [1.82, 2.24) is 0 Å². The Morgan fingerprint density at radius 1 is 0.812 bits per heavy atom. The van der Waals surface area contributed by atoms with Crippen molar-refractivity contribution in [2.45, 2.75) is 6.92 Å².